The van der Waals surface area contributed by atoms with Gasteiger partial charge in [0.2, 0.25) is 0 Å². The normalized spacial score (nSPS) is 11.2. The molecule has 0 N–H and O–H groups in total. The Morgan fingerprint density at radius 1 is 1.43 bits per heavy atom. The Balaban J connectivity index is 2.68. The molecule has 118 valence electrons. The summed E-state index contributed by atoms with van der Waals surface area (Å²) in [6, 6.07) is 5.71. The minimum atomic E-state index is -0.147. The van der Waals surface area contributed by atoms with Crippen molar-refractivity contribution in [3.8, 4) is 12.1 Å². The van der Waals surface area contributed by atoms with Crippen molar-refractivity contribution in [2.24, 2.45) is 0 Å². The monoisotopic (exact) mass is 344 g/mol. The average Bonchev–Trinajstić information content (AvgIpc) is 3.13. The molecule has 0 fully saturated rings. The van der Waals surface area contributed by atoms with E-state index in [1.807, 2.05) is 54.4 Å². The summed E-state index contributed by atoms with van der Waals surface area (Å²) < 4.78 is 4.54. The zero-order chi connectivity index (χ0) is 16.8. The Labute approximate surface area is 142 Å². The molecule has 23 heavy (non-hydrogen) atoms. The molecule has 5 nitrogen and oxygen atoms in total. The number of thiazole rings is 1. The summed E-state index contributed by atoms with van der Waals surface area (Å²) in [4.78, 5) is 12.6. The summed E-state index contributed by atoms with van der Waals surface area (Å²) in [5.74, 6) is 0.749. The van der Waals surface area contributed by atoms with E-state index >= 15 is 0 Å². The summed E-state index contributed by atoms with van der Waals surface area (Å²) in [6.07, 6.45) is 7.68. The molecule has 0 bridgehead atoms. The molecular formula is C16H16N4OS2. The van der Waals surface area contributed by atoms with Gasteiger partial charge in [0.05, 0.1) is 4.53 Å². The molecule has 0 amide bonds. The highest BCUT2D eigenvalue weighted by molar-refractivity contribution is 7.98. The second kappa shape index (κ2) is 7.87. The van der Waals surface area contributed by atoms with Gasteiger partial charge in [-0.2, -0.15) is 22.3 Å². The van der Waals surface area contributed by atoms with Crippen LogP contribution in [-0.4, -0.2) is 21.1 Å². The van der Waals surface area contributed by atoms with Gasteiger partial charge >= 0.3 is 0 Å². The van der Waals surface area contributed by atoms with Crippen molar-refractivity contribution in [2.45, 2.75) is 20.0 Å². The number of rotatable bonds is 5. The van der Waals surface area contributed by atoms with Crippen LogP contribution < -0.4 is 14.8 Å². The van der Waals surface area contributed by atoms with E-state index in [0.29, 0.717) is 15.7 Å². The van der Waals surface area contributed by atoms with Crippen LogP contribution in [-0.2, 0) is 13.1 Å². The molecule has 0 atom stereocenters. The third-order valence-electron chi connectivity index (χ3n) is 3.30. The van der Waals surface area contributed by atoms with Gasteiger partial charge in [0.25, 0.3) is 5.56 Å². The lowest BCUT2D eigenvalue weighted by Gasteiger charge is -1.99. The number of nitriles is 2. The Kier molecular flexibility index (Phi) is 5.86. The Hall–Kier alpha value is -2.22. The third kappa shape index (κ3) is 3.76. The van der Waals surface area contributed by atoms with Crippen molar-refractivity contribution >= 4 is 34.7 Å². The van der Waals surface area contributed by atoms with E-state index in [1.165, 1.54) is 15.9 Å². The van der Waals surface area contributed by atoms with E-state index in [9.17, 15) is 4.79 Å². The van der Waals surface area contributed by atoms with Gasteiger partial charge in [0, 0.05) is 31.2 Å². The van der Waals surface area contributed by atoms with E-state index in [2.05, 4.69) is 0 Å². The SMILES string of the molecule is CCn1ccc(/C=c2\sc(=C(C#N)C#N)n(CCSC)c2=O)c1. The molecule has 0 saturated carbocycles. The maximum atomic E-state index is 12.6. The summed E-state index contributed by atoms with van der Waals surface area (Å²) >= 11 is 2.82. The number of thioether (sulfide) groups is 1. The smallest absolute Gasteiger partial charge is 0.269 e. The van der Waals surface area contributed by atoms with Gasteiger partial charge in [-0.15, -0.1) is 11.3 Å². The van der Waals surface area contributed by atoms with Crippen LogP contribution in [0.1, 0.15) is 12.5 Å². The quantitative estimate of drug-likeness (QED) is 0.815. The largest absolute Gasteiger partial charge is 0.354 e. The first-order valence-electron chi connectivity index (χ1n) is 7.05. The molecule has 2 aromatic rings. The Morgan fingerprint density at radius 3 is 2.74 bits per heavy atom. The van der Waals surface area contributed by atoms with Crippen molar-refractivity contribution in [1.29, 1.82) is 10.5 Å². The molecule has 0 spiro atoms. The molecular weight excluding hydrogens is 328 g/mol. The highest BCUT2D eigenvalue weighted by Crippen LogP contribution is 2.02. The van der Waals surface area contributed by atoms with Crippen LogP contribution >= 0.6 is 23.1 Å². The highest BCUT2D eigenvalue weighted by atomic mass is 32.2. The molecule has 0 aromatic carbocycles. The number of nitrogens with zero attached hydrogens (tertiary/aromatic N) is 4. The van der Waals surface area contributed by atoms with Crippen LogP contribution in [0.2, 0.25) is 0 Å². The van der Waals surface area contributed by atoms with Crippen molar-refractivity contribution in [3.05, 3.63) is 43.6 Å². The first-order chi connectivity index (χ1) is 11.1. The lowest BCUT2D eigenvalue weighted by molar-refractivity contribution is 0.730. The van der Waals surface area contributed by atoms with Gasteiger partial charge in [-0.3, -0.25) is 9.36 Å². The van der Waals surface area contributed by atoms with E-state index < -0.39 is 0 Å². The summed E-state index contributed by atoms with van der Waals surface area (Å²) in [5, 5.41) is 18.2. The second-order valence-corrected chi connectivity index (χ2v) is 6.76. The van der Waals surface area contributed by atoms with E-state index in [4.69, 9.17) is 10.5 Å². The van der Waals surface area contributed by atoms with Gasteiger partial charge in [0.1, 0.15) is 16.8 Å². The van der Waals surface area contributed by atoms with Crippen molar-refractivity contribution in [3.63, 3.8) is 0 Å². The Bertz CT molecular complexity index is 934. The molecule has 7 heteroatoms. The number of aromatic nitrogens is 2. The number of aryl methyl sites for hydroxylation is 1. The molecule has 0 aliphatic rings. The van der Waals surface area contributed by atoms with Crippen LogP contribution in [0.4, 0.5) is 0 Å². The molecule has 2 aromatic heterocycles. The second-order valence-electron chi connectivity index (χ2n) is 4.74. The van der Waals surface area contributed by atoms with Crippen molar-refractivity contribution in [2.75, 3.05) is 12.0 Å². The highest BCUT2D eigenvalue weighted by Gasteiger charge is 2.09. The topological polar surface area (TPSA) is 74.5 Å². The van der Waals surface area contributed by atoms with Crippen molar-refractivity contribution in [1.82, 2.24) is 9.13 Å². The summed E-state index contributed by atoms with van der Waals surface area (Å²) in [6.45, 7) is 3.40. The van der Waals surface area contributed by atoms with Gasteiger partial charge in [-0.05, 0) is 30.9 Å². The van der Waals surface area contributed by atoms with E-state index in [1.54, 1.807) is 11.8 Å². The standard InChI is InChI=1S/C16H16N4OS2/c1-3-19-5-4-12(11-19)8-14-15(21)20(6-7-22-2)16(23-14)13(9-17)10-18/h4-5,8,11H,3,6-7H2,1-2H3/b14-8-. The molecule has 2 rings (SSSR count). The van der Waals surface area contributed by atoms with Crippen LogP contribution in [0.5, 0.6) is 0 Å². The van der Waals surface area contributed by atoms with Crippen LogP contribution in [0, 0.1) is 22.7 Å². The van der Waals surface area contributed by atoms with Gasteiger partial charge in [-0.1, -0.05) is 0 Å². The van der Waals surface area contributed by atoms with Crippen LogP contribution in [0.25, 0.3) is 11.6 Å². The molecule has 0 radical (unpaired) electrons. The molecule has 0 aliphatic heterocycles. The predicted molar refractivity (Wildman–Crippen MR) is 94.5 cm³/mol. The fourth-order valence-corrected chi connectivity index (χ4v) is 3.55. The van der Waals surface area contributed by atoms with Crippen LogP contribution in [0.15, 0.2) is 23.3 Å². The zero-order valence-corrected chi connectivity index (χ0v) is 14.6. The minimum absolute atomic E-state index is 0.0148. The molecule has 0 saturated heterocycles. The van der Waals surface area contributed by atoms with Gasteiger partial charge < -0.3 is 4.57 Å². The first-order valence-corrected chi connectivity index (χ1v) is 9.26. The summed E-state index contributed by atoms with van der Waals surface area (Å²) in [5.41, 5.74) is 0.773. The molecule has 2 heterocycles. The maximum Gasteiger partial charge on any atom is 0.269 e. The van der Waals surface area contributed by atoms with Gasteiger partial charge in [0.15, 0.2) is 5.57 Å². The van der Waals surface area contributed by atoms with E-state index in [0.717, 1.165) is 17.9 Å². The number of hydrogen-bond acceptors (Lipinski definition) is 5. The van der Waals surface area contributed by atoms with Gasteiger partial charge in [-0.25, -0.2) is 0 Å². The fourth-order valence-electron chi connectivity index (χ4n) is 2.10. The fraction of sp³-hybridized carbons (Fsp3) is 0.312. The predicted octanol–water partition coefficient (Wildman–Crippen LogP) is 1.12. The lowest BCUT2D eigenvalue weighted by Crippen LogP contribution is -2.32. The molecule has 0 unspecified atom stereocenters. The third-order valence-corrected chi connectivity index (χ3v) is 5.02. The van der Waals surface area contributed by atoms with Crippen LogP contribution in [0.3, 0.4) is 0 Å². The maximum absolute atomic E-state index is 12.6. The van der Waals surface area contributed by atoms with E-state index in [-0.39, 0.29) is 11.1 Å². The molecule has 0 aliphatic carbocycles. The summed E-state index contributed by atoms with van der Waals surface area (Å²) in [7, 11) is 0. The first kappa shape index (κ1) is 17.1. The average molecular weight is 344 g/mol. The zero-order valence-electron chi connectivity index (χ0n) is 12.9. The Morgan fingerprint density at radius 2 is 2.17 bits per heavy atom. The number of hydrogen-bond donors (Lipinski definition) is 0. The minimum Gasteiger partial charge on any atom is -0.354 e. The lowest BCUT2D eigenvalue weighted by atomic mass is 10.3. The van der Waals surface area contributed by atoms with Crippen molar-refractivity contribution < 1.29 is 0 Å².